The molecule has 1 amide bonds. The van der Waals surface area contributed by atoms with Crippen molar-refractivity contribution >= 4 is 40.0 Å². The Morgan fingerprint density at radius 1 is 0.886 bits per heavy atom. The minimum atomic E-state index is -0.550. The Hall–Kier alpha value is -5.25. The van der Waals surface area contributed by atoms with Crippen molar-refractivity contribution in [2.45, 2.75) is 27.1 Å². The Morgan fingerprint density at radius 2 is 1.64 bits per heavy atom. The molecule has 0 fully saturated rings. The molecule has 0 atom stereocenters. The first-order chi connectivity index (χ1) is 21.4. The van der Waals surface area contributed by atoms with Gasteiger partial charge in [0.15, 0.2) is 11.5 Å². The van der Waals surface area contributed by atoms with Crippen molar-refractivity contribution in [3.8, 4) is 23.3 Å². The fourth-order valence-electron chi connectivity index (χ4n) is 4.64. The second kappa shape index (κ2) is 14.3. The Kier molecular flexibility index (Phi) is 9.81. The van der Waals surface area contributed by atoms with Crippen LogP contribution in [-0.2, 0) is 18.0 Å². The molecule has 0 bridgehead atoms. The van der Waals surface area contributed by atoms with Crippen LogP contribution in [0.25, 0.3) is 16.8 Å². The second-order valence-electron chi connectivity index (χ2n) is 10.1. The van der Waals surface area contributed by atoms with Gasteiger partial charge in [0.2, 0.25) is 0 Å². The molecule has 0 aliphatic heterocycles. The molecule has 6 nitrogen and oxygen atoms in total. The van der Waals surface area contributed by atoms with E-state index >= 15 is 0 Å². The zero-order valence-electron chi connectivity index (χ0n) is 24.5. The minimum Gasteiger partial charge on any atom is -0.490 e. The molecule has 0 saturated heterocycles. The summed E-state index contributed by atoms with van der Waals surface area (Å²) in [4.78, 5) is 13.0. The zero-order chi connectivity index (χ0) is 30.9. The molecule has 7 heteroatoms. The average Bonchev–Trinajstić information content (AvgIpc) is 3.04. The van der Waals surface area contributed by atoms with E-state index in [0.717, 1.165) is 21.9 Å². The normalized spacial score (nSPS) is 11.1. The smallest absolute Gasteiger partial charge is 0.266 e. The maximum absolute atomic E-state index is 13.0. The van der Waals surface area contributed by atoms with Gasteiger partial charge in [-0.1, -0.05) is 83.9 Å². The topological polar surface area (TPSA) is 80.6 Å². The largest absolute Gasteiger partial charge is 0.490 e. The summed E-state index contributed by atoms with van der Waals surface area (Å²) in [6, 6.07) is 34.6. The van der Waals surface area contributed by atoms with E-state index in [9.17, 15) is 10.1 Å². The summed E-state index contributed by atoms with van der Waals surface area (Å²) in [7, 11) is 0. The van der Waals surface area contributed by atoms with Crippen LogP contribution in [0.1, 0.15) is 29.2 Å². The van der Waals surface area contributed by atoms with Crippen molar-refractivity contribution in [3.63, 3.8) is 0 Å². The molecule has 5 aromatic carbocycles. The summed E-state index contributed by atoms with van der Waals surface area (Å²) in [6.45, 7) is 5.00. The maximum atomic E-state index is 13.0. The van der Waals surface area contributed by atoms with Gasteiger partial charge in [-0.3, -0.25) is 4.79 Å². The Bertz CT molecular complexity index is 1840. The highest BCUT2D eigenvalue weighted by Gasteiger charge is 2.16. The molecular weight excluding hydrogens is 572 g/mol. The van der Waals surface area contributed by atoms with E-state index in [4.69, 9.17) is 25.8 Å². The van der Waals surface area contributed by atoms with Gasteiger partial charge in [0.05, 0.1) is 11.6 Å². The van der Waals surface area contributed by atoms with E-state index in [1.165, 1.54) is 11.6 Å². The SMILES string of the molecule is CCOc1cc(/C=C(\C#N)C(=O)Nc2ccc(OCc3ccc(C)cc3)cc2)cc(Cl)c1OCc1cccc2ccccc12. The standard InChI is InChI=1S/C37H31ClN2O4/c1-3-42-35-21-27(20-34(38)36(35)44-24-29-9-6-8-28-7-4-5-10-33(28)29)19-30(22-39)37(41)40-31-15-17-32(18-16-31)43-23-26-13-11-25(2)12-14-26/h4-21H,3,23-24H2,1-2H3,(H,40,41)/b30-19+. The van der Waals surface area contributed by atoms with Crippen molar-refractivity contribution in [2.24, 2.45) is 0 Å². The van der Waals surface area contributed by atoms with Crippen LogP contribution in [-0.4, -0.2) is 12.5 Å². The quantitative estimate of drug-likeness (QED) is 0.121. The molecule has 44 heavy (non-hydrogen) atoms. The van der Waals surface area contributed by atoms with E-state index in [1.807, 2.05) is 68.4 Å². The number of nitriles is 1. The van der Waals surface area contributed by atoms with Gasteiger partial charge in [-0.05, 0) is 83.8 Å². The lowest BCUT2D eigenvalue weighted by molar-refractivity contribution is -0.112. The van der Waals surface area contributed by atoms with Gasteiger partial charge in [0.1, 0.15) is 30.6 Å². The molecule has 0 unspecified atom stereocenters. The zero-order valence-corrected chi connectivity index (χ0v) is 25.2. The highest BCUT2D eigenvalue weighted by atomic mass is 35.5. The number of halogens is 1. The lowest BCUT2D eigenvalue weighted by Crippen LogP contribution is -2.13. The van der Waals surface area contributed by atoms with Crippen LogP contribution >= 0.6 is 11.6 Å². The number of amides is 1. The molecule has 0 saturated carbocycles. The molecule has 0 aliphatic rings. The van der Waals surface area contributed by atoms with Gasteiger partial charge in [0.25, 0.3) is 5.91 Å². The molecule has 1 N–H and O–H groups in total. The molecule has 5 rings (SSSR count). The van der Waals surface area contributed by atoms with Gasteiger partial charge in [-0.2, -0.15) is 5.26 Å². The van der Waals surface area contributed by atoms with Gasteiger partial charge in [-0.15, -0.1) is 0 Å². The molecule has 5 aromatic rings. The van der Waals surface area contributed by atoms with Gasteiger partial charge < -0.3 is 19.5 Å². The fourth-order valence-corrected chi connectivity index (χ4v) is 4.92. The van der Waals surface area contributed by atoms with Crippen molar-refractivity contribution < 1.29 is 19.0 Å². The first kappa shape index (κ1) is 30.2. The fraction of sp³-hybridized carbons (Fsp3) is 0.135. The third-order valence-corrected chi connectivity index (χ3v) is 7.18. The first-order valence-electron chi connectivity index (χ1n) is 14.2. The lowest BCUT2D eigenvalue weighted by Gasteiger charge is -2.15. The van der Waals surface area contributed by atoms with Crippen LogP contribution in [0.3, 0.4) is 0 Å². The average molecular weight is 603 g/mol. The molecule has 0 spiro atoms. The van der Waals surface area contributed by atoms with Crippen molar-refractivity contribution in [2.75, 3.05) is 11.9 Å². The molecule has 0 radical (unpaired) electrons. The van der Waals surface area contributed by atoms with Gasteiger partial charge in [-0.25, -0.2) is 0 Å². The number of benzene rings is 5. The first-order valence-corrected chi connectivity index (χ1v) is 14.6. The number of ether oxygens (including phenoxy) is 3. The Balaban J connectivity index is 1.27. The summed E-state index contributed by atoms with van der Waals surface area (Å²) in [5.41, 5.74) is 4.24. The number of anilines is 1. The van der Waals surface area contributed by atoms with Crippen molar-refractivity contribution in [3.05, 3.63) is 136 Å². The molecule has 0 aliphatic carbocycles. The van der Waals surface area contributed by atoms with Crippen LogP contribution in [0.15, 0.2) is 109 Å². The number of nitrogens with zero attached hydrogens (tertiary/aromatic N) is 1. The number of nitrogens with one attached hydrogen (secondary N) is 1. The van der Waals surface area contributed by atoms with E-state index in [-0.39, 0.29) is 12.2 Å². The predicted molar refractivity (Wildman–Crippen MR) is 175 cm³/mol. The second-order valence-corrected chi connectivity index (χ2v) is 10.5. The summed E-state index contributed by atoms with van der Waals surface area (Å²) < 4.78 is 17.8. The summed E-state index contributed by atoms with van der Waals surface area (Å²) >= 11 is 6.65. The summed E-state index contributed by atoms with van der Waals surface area (Å²) in [5.74, 6) is 0.934. The van der Waals surface area contributed by atoms with Gasteiger partial charge >= 0.3 is 0 Å². The van der Waals surface area contributed by atoms with Crippen LogP contribution in [0.4, 0.5) is 5.69 Å². The lowest BCUT2D eigenvalue weighted by atomic mass is 10.1. The van der Waals surface area contributed by atoms with Crippen molar-refractivity contribution in [1.82, 2.24) is 0 Å². The maximum Gasteiger partial charge on any atom is 0.266 e. The Morgan fingerprint density at radius 3 is 2.39 bits per heavy atom. The number of hydrogen-bond donors (Lipinski definition) is 1. The summed E-state index contributed by atoms with van der Waals surface area (Å²) in [6.07, 6.45) is 1.47. The van der Waals surface area contributed by atoms with E-state index in [2.05, 4.69) is 23.5 Å². The van der Waals surface area contributed by atoms with E-state index in [0.29, 0.717) is 46.7 Å². The van der Waals surface area contributed by atoms with Crippen molar-refractivity contribution in [1.29, 1.82) is 5.26 Å². The monoisotopic (exact) mass is 602 g/mol. The summed E-state index contributed by atoms with van der Waals surface area (Å²) in [5, 5.41) is 15.1. The van der Waals surface area contributed by atoms with Crippen LogP contribution in [0.2, 0.25) is 5.02 Å². The van der Waals surface area contributed by atoms with E-state index in [1.54, 1.807) is 36.4 Å². The molecule has 220 valence electrons. The molecular formula is C37H31ClN2O4. The number of hydrogen-bond acceptors (Lipinski definition) is 5. The third-order valence-electron chi connectivity index (χ3n) is 6.90. The van der Waals surface area contributed by atoms with Crippen LogP contribution in [0.5, 0.6) is 17.2 Å². The van der Waals surface area contributed by atoms with Crippen LogP contribution < -0.4 is 19.5 Å². The highest BCUT2D eigenvalue weighted by molar-refractivity contribution is 6.32. The molecule has 0 heterocycles. The molecule has 0 aromatic heterocycles. The predicted octanol–water partition coefficient (Wildman–Crippen LogP) is 8.90. The number of carbonyl (C=O) groups is 1. The van der Waals surface area contributed by atoms with Crippen LogP contribution in [0, 0.1) is 18.3 Å². The number of rotatable bonds is 11. The minimum absolute atomic E-state index is 0.0902. The highest BCUT2D eigenvalue weighted by Crippen LogP contribution is 2.38. The van der Waals surface area contributed by atoms with E-state index < -0.39 is 5.91 Å². The number of fused-ring (bicyclic) bond motifs is 1. The number of carbonyl (C=O) groups excluding carboxylic acids is 1. The Labute approximate surface area is 262 Å². The van der Waals surface area contributed by atoms with Gasteiger partial charge in [0, 0.05) is 5.69 Å². The third kappa shape index (κ3) is 7.57. The number of aryl methyl sites for hydroxylation is 1.